The molecule has 28 heavy (non-hydrogen) atoms. The van der Waals surface area contributed by atoms with E-state index in [0.717, 1.165) is 12.8 Å². The van der Waals surface area contributed by atoms with E-state index < -0.39 is 0 Å². The fourth-order valence-electron chi connectivity index (χ4n) is 3.32. The minimum atomic E-state index is 1.07. The maximum Gasteiger partial charge on any atom is 0.100 e. The first-order valence-electron chi connectivity index (χ1n) is 9.75. The highest BCUT2D eigenvalue weighted by Crippen LogP contribution is 2.39. The summed E-state index contributed by atoms with van der Waals surface area (Å²) in [6.07, 6.45) is 2.15. The molecular formula is C26H25NS. The molecule has 1 heterocycles. The molecular weight excluding hydrogens is 358 g/mol. The Hall–Kier alpha value is -2.84. The normalized spacial score (nSPS) is 10.8. The molecule has 1 aromatic heterocycles. The van der Waals surface area contributed by atoms with Crippen molar-refractivity contribution < 1.29 is 0 Å². The van der Waals surface area contributed by atoms with E-state index in [4.69, 9.17) is 0 Å². The van der Waals surface area contributed by atoms with Gasteiger partial charge >= 0.3 is 0 Å². The molecule has 0 bridgehead atoms. The Bertz CT molecular complexity index is 969. The summed E-state index contributed by atoms with van der Waals surface area (Å²) in [5.41, 5.74) is 6.35. The number of aryl methyl sites for hydroxylation is 4. The van der Waals surface area contributed by atoms with Crippen LogP contribution in [0.15, 0.2) is 91.0 Å². The summed E-state index contributed by atoms with van der Waals surface area (Å²) in [7, 11) is 0. The van der Waals surface area contributed by atoms with Crippen LogP contribution in [0.4, 0.5) is 16.4 Å². The highest BCUT2D eigenvalue weighted by Gasteiger charge is 2.14. The van der Waals surface area contributed by atoms with Gasteiger partial charge in [0.2, 0.25) is 0 Å². The van der Waals surface area contributed by atoms with Crippen molar-refractivity contribution in [3.63, 3.8) is 0 Å². The van der Waals surface area contributed by atoms with E-state index in [1.54, 1.807) is 0 Å². The van der Waals surface area contributed by atoms with Crippen molar-refractivity contribution in [1.29, 1.82) is 0 Å². The summed E-state index contributed by atoms with van der Waals surface area (Å²) in [4.78, 5) is 3.78. The lowest BCUT2D eigenvalue weighted by Crippen LogP contribution is -2.08. The second-order valence-corrected chi connectivity index (χ2v) is 8.38. The van der Waals surface area contributed by atoms with Crippen molar-refractivity contribution in [3.05, 3.63) is 113 Å². The molecule has 2 heteroatoms. The summed E-state index contributed by atoms with van der Waals surface area (Å²) >= 11 is 1.88. The van der Waals surface area contributed by atoms with Crippen LogP contribution in [0.25, 0.3) is 0 Å². The molecule has 3 aromatic carbocycles. The van der Waals surface area contributed by atoms with Gasteiger partial charge in [-0.15, -0.1) is 11.3 Å². The topological polar surface area (TPSA) is 3.24 Å². The predicted molar refractivity (Wildman–Crippen MR) is 122 cm³/mol. The first-order valence-corrected chi connectivity index (χ1v) is 10.6. The average molecular weight is 384 g/mol. The van der Waals surface area contributed by atoms with E-state index in [2.05, 4.69) is 110 Å². The van der Waals surface area contributed by atoms with E-state index in [1.807, 2.05) is 11.3 Å². The Labute approximate surface area is 171 Å². The molecule has 1 nitrogen and oxygen atoms in total. The van der Waals surface area contributed by atoms with Crippen LogP contribution in [0.5, 0.6) is 0 Å². The van der Waals surface area contributed by atoms with Crippen molar-refractivity contribution in [2.75, 3.05) is 4.90 Å². The lowest BCUT2D eigenvalue weighted by Gasteiger charge is -2.24. The minimum absolute atomic E-state index is 1.07. The van der Waals surface area contributed by atoms with Crippen LogP contribution in [-0.4, -0.2) is 0 Å². The number of hydrogen-bond donors (Lipinski definition) is 0. The number of rotatable bonds is 6. The van der Waals surface area contributed by atoms with Crippen molar-refractivity contribution in [2.24, 2.45) is 0 Å². The van der Waals surface area contributed by atoms with Crippen LogP contribution in [-0.2, 0) is 12.8 Å². The van der Waals surface area contributed by atoms with Crippen molar-refractivity contribution in [3.8, 4) is 0 Å². The average Bonchev–Trinajstić information content (AvgIpc) is 3.19. The Morgan fingerprint density at radius 1 is 0.607 bits per heavy atom. The lowest BCUT2D eigenvalue weighted by atomic mass is 10.1. The predicted octanol–water partition coefficient (Wildman–Crippen LogP) is 7.62. The zero-order valence-corrected chi connectivity index (χ0v) is 17.2. The second-order valence-electron chi connectivity index (χ2n) is 7.23. The molecule has 0 atom stereocenters. The smallest absolute Gasteiger partial charge is 0.100 e. The number of hydrogen-bond acceptors (Lipinski definition) is 2. The van der Waals surface area contributed by atoms with E-state index in [1.165, 1.54) is 37.9 Å². The quantitative estimate of drug-likeness (QED) is 0.331. The molecule has 4 aromatic rings. The maximum atomic E-state index is 2.36. The molecule has 0 radical (unpaired) electrons. The van der Waals surface area contributed by atoms with Gasteiger partial charge in [-0.25, -0.2) is 0 Å². The largest absolute Gasteiger partial charge is 0.302 e. The van der Waals surface area contributed by atoms with Crippen molar-refractivity contribution in [2.45, 2.75) is 26.7 Å². The second kappa shape index (κ2) is 8.45. The molecule has 0 unspecified atom stereocenters. The van der Waals surface area contributed by atoms with Gasteiger partial charge in [0.15, 0.2) is 0 Å². The molecule has 4 rings (SSSR count). The van der Waals surface area contributed by atoms with Gasteiger partial charge in [0, 0.05) is 16.3 Å². The fraction of sp³-hybridized carbons (Fsp3) is 0.154. The Kier molecular flexibility index (Phi) is 5.59. The first-order chi connectivity index (χ1) is 13.7. The SMILES string of the molecule is Cc1ccc(N(c2ccc(C)cc2)c2ccc(CCc3ccccc3)s2)cc1. The first kappa shape index (κ1) is 18.5. The van der Waals surface area contributed by atoms with E-state index in [0.29, 0.717) is 0 Å². The summed E-state index contributed by atoms with van der Waals surface area (Å²) in [5.74, 6) is 0. The van der Waals surface area contributed by atoms with Gasteiger partial charge < -0.3 is 4.90 Å². The van der Waals surface area contributed by atoms with Crippen LogP contribution < -0.4 is 4.90 Å². The van der Waals surface area contributed by atoms with Gasteiger partial charge in [0.05, 0.1) is 0 Å². The fourth-order valence-corrected chi connectivity index (χ4v) is 4.37. The zero-order valence-electron chi connectivity index (χ0n) is 16.4. The molecule has 0 saturated heterocycles. The third-order valence-corrected chi connectivity index (χ3v) is 6.09. The molecule has 0 N–H and O–H groups in total. The molecule has 0 spiro atoms. The monoisotopic (exact) mass is 383 g/mol. The van der Waals surface area contributed by atoms with Gasteiger partial charge in [-0.05, 0) is 68.7 Å². The van der Waals surface area contributed by atoms with E-state index in [-0.39, 0.29) is 0 Å². The van der Waals surface area contributed by atoms with Crippen LogP contribution >= 0.6 is 11.3 Å². The maximum absolute atomic E-state index is 2.36. The van der Waals surface area contributed by atoms with Gasteiger partial charge in [0.25, 0.3) is 0 Å². The third kappa shape index (κ3) is 4.35. The van der Waals surface area contributed by atoms with Crippen LogP contribution in [0, 0.1) is 13.8 Å². The number of thiophene rings is 1. The number of nitrogens with zero attached hydrogens (tertiary/aromatic N) is 1. The molecule has 0 amide bonds. The third-order valence-electron chi connectivity index (χ3n) is 4.96. The Balaban J connectivity index is 1.62. The molecule has 0 aliphatic carbocycles. The Morgan fingerprint density at radius 2 is 1.18 bits per heavy atom. The lowest BCUT2D eigenvalue weighted by molar-refractivity contribution is 0.981. The highest BCUT2D eigenvalue weighted by atomic mass is 32.1. The minimum Gasteiger partial charge on any atom is -0.302 e. The standard InChI is InChI=1S/C26H25NS/c1-20-8-13-23(14-9-20)27(24-15-10-21(2)11-16-24)26-19-18-25(28-26)17-12-22-6-4-3-5-7-22/h3-11,13-16,18-19H,12,17H2,1-2H3. The Morgan fingerprint density at radius 3 is 1.75 bits per heavy atom. The summed E-state index contributed by atoms with van der Waals surface area (Å²) in [6.45, 7) is 4.26. The summed E-state index contributed by atoms with van der Waals surface area (Å²) in [6, 6.07) is 32.8. The van der Waals surface area contributed by atoms with Crippen LogP contribution in [0.3, 0.4) is 0 Å². The van der Waals surface area contributed by atoms with Gasteiger partial charge in [-0.2, -0.15) is 0 Å². The van der Waals surface area contributed by atoms with Crippen LogP contribution in [0.1, 0.15) is 21.6 Å². The summed E-state index contributed by atoms with van der Waals surface area (Å²) in [5, 5.41) is 1.26. The number of anilines is 3. The molecule has 0 fully saturated rings. The molecule has 0 saturated carbocycles. The molecule has 0 aliphatic rings. The molecule has 140 valence electrons. The zero-order chi connectivity index (χ0) is 19.3. The van der Waals surface area contributed by atoms with Crippen LogP contribution in [0.2, 0.25) is 0 Å². The summed E-state index contributed by atoms with van der Waals surface area (Å²) < 4.78 is 0. The van der Waals surface area contributed by atoms with Gasteiger partial charge in [-0.3, -0.25) is 0 Å². The van der Waals surface area contributed by atoms with Crippen molar-refractivity contribution >= 4 is 27.7 Å². The van der Waals surface area contributed by atoms with E-state index >= 15 is 0 Å². The van der Waals surface area contributed by atoms with Gasteiger partial charge in [0.1, 0.15) is 5.00 Å². The highest BCUT2D eigenvalue weighted by molar-refractivity contribution is 7.16. The van der Waals surface area contributed by atoms with E-state index in [9.17, 15) is 0 Å². The van der Waals surface area contributed by atoms with Gasteiger partial charge in [-0.1, -0.05) is 65.7 Å². The molecule has 0 aliphatic heterocycles. The number of benzene rings is 3. The van der Waals surface area contributed by atoms with Crippen molar-refractivity contribution in [1.82, 2.24) is 0 Å².